The monoisotopic (exact) mass is 1000 g/mol. The summed E-state index contributed by atoms with van der Waals surface area (Å²) in [6.07, 6.45) is 64.9. The molecule has 1 amide bonds. The highest BCUT2D eigenvalue weighted by molar-refractivity contribution is 7.47. The van der Waals surface area contributed by atoms with Crippen LogP contribution in [0.4, 0.5) is 0 Å². The Morgan fingerprint density at radius 2 is 0.786 bits per heavy atom. The first-order valence-corrected chi connectivity index (χ1v) is 29.5. The number of aliphatic hydroxyl groups excluding tert-OH is 1. The number of nitrogens with one attached hydrogen (secondary N) is 1. The summed E-state index contributed by atoms with van der Waals surface area (Å²) in [5, 5.41) is 22.0. The topological polar surface area (TPSA) is 169 Å². The van der Waals surface area contributed by atoms with Crippen molar-refractivity contribution in [1.82, 2.24) is 5.32 Å². The van der Waals surface area contributed by atoms with Gasteiger partial charge in [0.05, 0.1) is 13.2 Å². The molecule has 0 saturated carbocycles. The fourth-order valence-corrected chi connectivity index (χ4v) is 8.40. The van der Waals surface area contributed by atoms with E-state index in [0.29, 0.717) is 12.8 Å². The number of amides is 1. The second kappa shape index (κ2) is 52.2. The summed E-state index contributed by atoms with van der Waals surface area (Å²) in [6, 6.07) is -1.55. The van der Waals surface area contributed by atoms with Crippen molar-refractivity contribution in [2.45, 2.75) is 257 Å². The number of carbonyl (C=O) groups is 3. The molecule has 4 N–H and O–H groups in total. The Balaban J connectivity index is 3.81. The molecular weight excluding hydrogens is 902 g/mol. The first-order chi connectivity index (χ1) is 34.1. The van der Waals surface area contributed by atoms with E-state index in [1.807, 2.05) is 0 Å². The van der Waals surface area contributed by atoms with Gasteiger partial charge in [-0.15, -0.1) is 0 Å². The molecule has 0 aromatic carbocycles. The van der Waals surface area contributed by atoms with E-state index in [9.17, 15) is 34.1 Å². The second-order valence-electron chi connectivity index (χ2n) is 18.8. The third kappa shape index (κ3) is 51.3. The highest BCUT2D eigenvalue weighted by atomic mass is 31.2. The zero-order chi connectivity index (χ0) is 51.3. The summed E-state index contributed by atoms with van der Waals surface area (Å²) in [6.45, 7) is 2.57. The number of carboxylic acid groups (broad SMARTS) is 1. The molecule has 0 aromatic rings. The molecule has 70 heavy (non-hydrogen) atoms. The van der Waals surface area contributed by atoms with Gasteiger partial charge in [0.15, 0.2) is 6.04 Å². The molecule has 3 atom stereocenters. The van der Waals surface area contributed by atoms with Gasteiger partial charge in [-0.25, -0.2) is 9.36 Å². The van der Waals surface area contributed by atoms with E-state index in [0.717, 1.165) is 83.5 Å². The predicted octanol–water partition coefficient (Wildman–Crippen LogP) is 16.0. The van der Waals surface area contributed by atoms with Crippen molar-refractivity contribution in [2.24, 2.45) is 0 Å². The van der Waals surface area contributed by atoms with Gasteiger partial charge in [-0.2, -0.15) is 0 Å². The van der Waals surface area contributed by atoms with E-state index in [-0.39, 0.29) is 12.8 Å². The minimum Gasteiger partial charge on any atom is -0.480 e. The van der Waals surface area contributed by atoms with Gasteiger partial charge in [-0.05, 0) is 89.9 Å². The Kier molecular flexibility index (Phi) is 50.0. The molecule has 3 unspecified atom stereocenters. The second-order valence-corrected chi connectivity index (χ2v) is 20.2. The molecular formula is C58H102NO10P. The molecule has 404 valence electrons. The van der Waals surface area contributed by atoms with Crippen molar-refractivity contribution in [1.29, 1.82) is 0 Å². The van der Waals surface area contributed by atoms with Crippen molar-refractivity contribution in [3.63, 3.8) is 0 Å². The van der Waals surface area contributed by atoms with E-state index in [4.69, 9.17) is 13.8 Å². The van der Waals surface area contributed by atoms with Crippen LogP contribution in [0.15, 0.2) is 72.9 Å². The molecule has 0 rings (SSSR count). The molecule has 0 radical (unpaired) electrons. The Hall–Kier alpha value is -3.08. The average Bonchev–Trinajstić information content (AvgIpc) is 3.34. The molecule has 12 heteroatoms. The SMILES string of the molecule is CCCCC/C=C\C/C=C\C/C=C\CCCCCCCCCCCCC(=O)NC(COP(=O)(O)OCC(O)COC(=O)CCCCCCCCCCCC/C=C\C/C=C\C/C=C\CCCCC)C(=O)O. The molecule has 0 aromatic heterocycles. The van der Waals surface area contributed by atoms with Crippen molar-refractivity contribution >= 4 is 25.7 Å². The summed E-state index contributed by atoms with van der Waals surface area (Å²) >= 11 is 0. The molecule has 0 saturated heterocycles. The predicted molar refractivity (Wildman–Crippen MR) is 291 cm³/mol. The van der Waals surface area contributed by atoms with Crippen molar-refractivity contribution in [3.8, 4) is 0 Å². The minimum atomic E-state index is -4.77. The molecule has 0 aliphatic carbocycles. The number of phosphoric acid groups is 1. The van der Waals surface area contributed by atoms with E-state index >= 15 is 0 Å². The van der Waals surface area contributed by atoms with Crippen LogP contribution in [0, 0.1) is 0 Å². The first kappa shape index (κ1) is 66.9. The van der Waals surface area contributed by atoms with Crippen LogP contribution < -0.4 is 5.32 Å². The Labute approximate surface area is 427 Å². The third-order valence-corrected chi connectivity index (χ3v) is 12.9. The number of unbranched alkanes of at least 4 members (excludes halogenated alkanes) is 26. The van der Waals surface area contributed by atoms with Gasteiger partial charge >= 0.3 is 19.8 Å². The summed E-state index contributed by atoms with van der Waals surface area (Å²) in [5.41, 5.74) is 0. The van der Waals surface area contributed by atoms with Crippen molar-refractivity contribution < 1.29 is 47.8 Å². The first-order valence-electron chi connectivity index (χ1n) is 28.0. The number of rotatable bonds is 52. The number of ether oxygens (including phenoxy) is 1. The molecule has 0 fully saturated rings. The van der Waals surface area contributed by atoms with Crippen LogP contribution >= 0.6 is 7.82 Å². The van der Waals surface area contributed by atoms with Crippen LogP contribution in [-0.2, 0) is 32.7 Å². The lowest BCUT2D eigenvalue weighted by atomic mass is 10.0. The summed E-state index contributed by atoms with van der Waals surface area (Å²) in [7, 11) is -4.77. The van der Waals surface area contributed by atoms with E-state index in [2.05, 4.69) is 92.1 Å². The van der Waals surface area contributed by atoms with Gasteiger partial charge in [0.1, 0.15) is 12.7 Å². The van der Waals surface area contributed by atoms with Gasteiger partial charge in [0.25, 0.3) is 0 Å². The summed E-state index contributed by atoms with van der Waals surface area (Å²) in [5.74, 6) is -2.38. The lowest BCUT2D eigenvalue weighted by Gasteiger charge is -2.18. The van der Waals surface area contributed by atoms with Crippen LogP contribution in [0.3, 0.4) is 0 Å². The lowest BCUT2D eigenvalue weighted by Crippen LogP contribution is -2.43. The number of aliphatic hydroxyl groups is 1. The van der Waals surface area contributed by atoms with Crippen LogP contribution in [0.5, 0.6) is 0 Å². The smallest absolute Gasteiger partial charge is 0.472 e. The Morgan fingerprint density at radius 3 is 1.17 bits per heavy atom. The number of hydrogen-bond acceptors (Lipinski definition) is 8. The lowest BCUT2D eigenvalue weighted by molar-refractivity contribution is -0.147. The Bertz CT molecular complexity index is 1460. The van der Waals surface area contributed by atoms with E-state index < -0.39 is 57.6 Å². The molecule has 11 nitrogen and oxygen atoms in total. The number of allylic oxidation sites excluding steroid dienone is 12. The molecule has 0 aliphatic heterocycles. The zero-order valence-electron chi connectivity index (χ0n) is 44.3. The summed E-state index contributed by atoms with van der Waals surface area (Å²) < 4.78 is 27.0. The van der Waals surface area contributed by atoms with Gasteiger partial charge in [-0.3, -0.25) is 18.6 Å². The highest BCUT2D eigenvalue weighted by Gasteiger charge is 2.28. The largest absolute Gasteiger partial charge is 0.480 e. The number of aliphatic carboxylic acids is 1. The fraction of sp³-hybridized carbons (Fsp3) is 0.741. The molecule has 0 bridgehead atoms. The number of phosphoric ester groups is 1. The maximum atomic E-state index is 12.4. The van der Waals surface area contributed by atoms with Gasteiger partial charge < -0.3 is 25.2 Å². The van der Waals surface area contributed by atoms with E-state index in [1.165, 1.54) is 122 Å². The van der Waals surface area contributed by atoms with E-state index in [1.54, 1.807) is 0 Å². The standard InChI is InChI=1S/C58H102NO10P/c1-3-5-7-9-11-13-15-17-19-21-23-25-27-29-31-33-35-37-39-41-43-45-47-49-56(61)59-55(58(63)64)53-69-70(65,66)68-52-54(60)51-67-57(62)50-48-46-44-42-40-38-36-34-32-30-28-26-24-22-20-18-16-14-12-10-8-6-4-2/h11-14,17-20,23-26,54-55,60H,3-10,15-16,21-22,27-53H2,1-2H3,(H,59,61)(H,63,64)(H,65,66)/b13-11-,14-12-,19-17-,20-18-,25-23-,26-24-. The number of esters is 1. The van der Waals surface area contributed by atoms with Crippen LogP contribution in [0.2, 0.25) is 0 Å². The number of carboxylic acids is 1. The van der Waals surface area contributed by atoms with Crippen molar-refractivity contribution in [2.75, 3.05) is 19.8 Å². The molecule has 0 spiro atoms. The quantitative estimate of drug-likeness (QED) is 0.0199. The maximum absolute atomic E-state index is 12.4. The van der Waals surface area contributed by atoms with Gasteiger partial charge in [0.2, 0.25) is 5.91 Å². The normalized spacial score (nSPS) is 14.0. The number of hydrogen-bond donors (Lipinski definition) is 4. The minimum absolute atomic E-state index is 0.138. The molecule has 0 heterocycles. The zero-order valence-corrected chi connectivity index (χ0v) is 45.2. The Morgan fingerprint density at radius 1 is 0.457 bits per heavy atom. The average molecular weight is 1000 g/mol. The van der Waals surface area contributed by atoms with Crippen molar-refractivity contribution in [3.05, 3.63) is 72.9 Å². The van der Waals surface area contributed by atoms with Crippen LogP contribution in [0.25, 0.3) is 0 Å². The number of carbonyl (C=O) groups excluding carboxylic acids is 2. The van der Waals surface area contributed by atoms with Gasteiger partial charge in [0, 0.05) is 12.8 Å². The van der Waals surface area contributed by atoms with Crippen LogP contribution in [0.1, 0.15) is 245 Å². The highest BCUT2D eigenvalue weighted by Crippen LogP contribution is 2.43. The van der Waals surface area contributed by atoms with Crippen LogP contribution in [-0.4, -0.2) is 64.9 Å². The maximum Gasteiger partial charge on any atom is 0.472 e. The third-order valence-electron chi connectivity index (χ3n) is 12.0. The molecule has 0 aliphatic rings. The fourth-order valence-electron chi connectivity index (χ4n) is 7.62. The van der Waals surface area contributed by atoms with Gasteiger partial charge in [-0.1, -0.05) is 215 Å². The summed E-state index contributed by atoms with van der Waals surface area (Å²) in [4.78, 5) is 46.3.